The van der Waals surface area contributed by atoms with E-state index >= 15 is 0 Å². The van der Waals surface area contributed by atoms with Gasteiger partial charge >= 0.3 is 0 Å². The van der Waals surface area contributed by atoms with Gasteiger partial charge < -0.3 is 15.2 Å². The second-order valence-electron chi connectivity index (χ2n) is 6.66. The third kappa shape index (κ3) is 2.74. The highest BCUT2D eigenvalue weighted by molar-refractivity contribution is 5.60. The van der Waals surface area contributed by atoms with Crippen molar-refractivity contribution >= 4 is 0 Å². The summed E-state index contributed by atoms with van der Waals surface area (Å²) in [6.45, 7) is 11.3. The lowest BCUT2D eigenvalue weighted by molar-refractivity contribution is 0.133. The molecule has 3 N–H and O–H groups in total. The highest BCUT2D eigenvalue weighted by Crippen LogP contribution is 2.45. The Hall–Kier alpha value is -2.78. The minimum absolute atomic E-state index is 0.113. The number of nitrogens with two attached hydrogens (primary N) is 1. The second-order valence-corrected chi connectivity index (χ2v) is 6.66. The molecule has 1 aromatic carbocycles. The maximum atomic E-state index is 9.77. The molecule has 0 amide bonds. The molecule has 0 spiro atoms. The third-order valence-electron chi connectivity index (χ3n) is 5.06. The molecule has 1 aliphatic heterocycles. The first-order chi connectivity index (χ1) is 12.4. The predicted molar refractivity (Wildman–Crippen MR) is 98.6 cm³/mol. The quantitative estimate of drug-likeness (QED) is 0.879. The van der Waals surface area contributed by atoms with Crippen molar-refractivity contribution < 1.29 is 9.47 Å². The van der Waals surface area contributed by atoms with Gasteiger partial charge in [0, 0.05) is 17.9 Å². The Balaban J connectivity index is 2.28. The molecular formula is C20H24N4O2. The number of nitrogens with one attached hydrogen (secondary N) is 1. The van der Waals surface area contributed by atoms with Gasteiger partial charge in [-0.25, -0.2) is 0 Å². The van der Waals surface area contributed by atoms with E-state index in [9.17, 15) is 5.26 Å². The molecule has 2 heterocycles. The predicted octanol–water partition coefficient (Wildman–Crippen LogP) is 3.40. The van der Waals surface area contributed by atoms with Crippen molar-refractivity contribution in [1.82, 2.24) is 10.2 Å². The zero-order valence-corrected chi connectivity index (χ0v) is 15.9. The van der Waals surface area contributed by atoms with Crippen molar-refractivity contribution in [3.8, 4) is 11.9 Å². The van der Waals surface area contributed by atoms with Crippen LogP contribution in [0.3, 0.4) is 0 Å². The minimum Gasteiger partial charge on any atom is -0.420 e. The number of aromatic amines is 1. The lowest BCUT2D eigenvalue weighted by Crippen LogP contribution is -2.22. The van der Waals surface area contributed by atoms with Gasteiger partial charge in [-0.05, 0) is 62.4 Å². The van der Waals surface area contributed by atoms with Gasteiger partial charge in [0.2, 0.25) is 11.8 Å². The number of rotatable bonds is 4. The van der Waals surface area contributed by atoms with Gasteiger partial charge in [-0.2, -0.15) is 5.26 Å². The number of allylic oxidation sites excluding steroid dienone is 1. The summed E-state index contributed by atoms with van der Waals surface area (Å²) in [5.74, 6) is 0.250. The zero-order chi connectivity index (χ0) is 19.0. The Labute approximate surface area is 153 Å². The Morgan fingerprint density at radius 1 is 1.27 bits per heavy atom. The standard InChI is InChI=1S/C20H24N4O2/c1-6-25-9-15-10(2)7-11(3)16(12(15)4)18-14(8-21)19(22)26-20-17(18)13(5)23-24-20/h7,18H,6,9,22H2,1-5H3,(H,23,24)/t18-/m0/s1. The average Bonchev–Trinajstić information content (AvgIpc) is 2.94. The summed E-state index contributed by atoms with van der Waals surface area (Å²) in [5, 5.41) is 16.9. The summed E-state index contributed by atoms with van der Waals surface area (Å²) >= 11 is 0. The van der Waals surface area contributed by atoms with Gasteiger partial charge in [0.1, 0.15) is 11.6 Å². The Morgan fingerprint density at radius 2 is 2.00 bits per heavy atom. The number of hydrogen-bond donors (Lipinski definition) is 2. The second kappa shape index (κ2) is 6.85. The molecule has 0 saturated carbocycles. The molecule has 0 radical (unpaired) electrons. The smallest absolute Gasteiger partial charge is 0.244 e. The Morgan fingerprint density at radius 3 is 2.65 bits per heavy atom. The molecule has 1 aliphatic rings. The van der Waals surface area contributed by atoms with Crippen LogP contribution in [0.4, 0.5) is 0 Å². The van der Waals surface area contributed by atoms with Gasteiger partial charge in [0.25, 0.3) is 0 Å². The SMILES string of the molecule is CCOCc1c(C)cc(C)c([C@@H]2C(C#N)=C(N)Oc3n[nH]c(C)c32)c1C. The molecule has 0 unspecified atom stereocenters. The van der Waals surface area contributed by atoms with Crippen molar-refractivity contribution in [2.24, 2.45) is 5.73 Å². The number of ether oxygens (including phenoxy) is 2. The topological polar surface area (TPSA) is 96.9 Å². The number of benzene rings is 1. The Kier molecular flexibility index (Phi) is 4.75. The monoisotopic (exact) mass is 352 g/mol. The van der Waals surface area contributed by atoms with Gasteiger partial charge in [-0.1, -0.05) is 6.07 Å². The molecule has 0 fully saturated rings. The van der Waals surface area contributed by atoms with E-state index in [1.807, 2.05) is 13.8 Å². The molecule has 0 saturated heterocycles. The van der Waals surface area contributed by atoms with E-state index in [1.165, 1.54) is 5.56 Å². The zero-order valence-electron chi connectivity index (χ0n) is 15.9. The molecule has 1 atom stereocenters. The van der Waals surface area contributed by atoms with Crippen molar-refractivity contribution in [3.63, 3.8) is 0 Å². The van der Waals surface area contributed by atoms with Crippen LogP contribution in [-0.4, -0.2) is 16.8 Å². The highest BCUT2D eigenvalue weighted by atomic mass is 16.5. The van der Waals surface area contributed by atoms with Crippen LogP contribution in [0.5, 0.6) is 5.88 Å². The van der Waals surface area contributed by atoms with E-state index in [1.54, 1.807) is 0 Å². The van der Waals surface area contributed by atoms with Crippen molar-refractivity contribution in [1.29, 1.82) is 5.26 Å². The lowest BCUT2D eigenvalue weighted by Gasteiger charge is -2.28. The molecule has 6 heteroatoms. The number of aromatic nitrogens is 2. The van der Waals surface area contributed by atoms with Crippen LogP contribution in [-0.2, 0) is 11.3 Å². The molecule has 26 heavy (non-hydrogen) atoms. The molecule has 136 valence electrons. The van der Waals surface area contributed by atoms with E-state index < -0.39 is 0 Å². The number of hydrogen-bond acceptors (Lipinski definition) is 5. The van der Waals surface area contributed by atoms with Gasteiger partial charge in [0.15, 0.2) is 0 Å². The first-order valence-electron chi connectivity index (χ1n) is 8.70. The van der Waals surface area contributed by atoms with Crippen LogP contribution in [0.2, 0.25) is 0 Å². The van der Waals surface area contributed by atoms with Crippen LogP contribution < -0.4 is 10.5 Å². The minimum atomic E-state index is -0.302. The van der Waals surface area contributed by atoms with Crippen molar-refractivity contribution in [2.75, 3.05) is 6.61 Å². The number of nitriles is 1. The maximum Gasteiger partial charge on any atom is 0.244 e. The number of fused-ring (bicyclic) bond motifs is 1. The first kappa shape index (κ1) is 18.0. The van der Waals surface area contributed by atoms with Crippen LogP contribution >= 0.6 is 0 Å². The number of H-pyrrole nitrogens is 1. The van der Waals surface area contributed by atoms with Crippen LogP contribution in [0, 0.1) is 39.0 Å². The largest absolute Gasteiger partial charge is 0.420 e. The van der Waals surface area contributed by atoms with E-state index in [2.05, 4.69) is 43.1 Å². The fourth-order valence-corrected chi connectivity index (χ4v) is 3.80. The van der Waals surface area contributed by atoms with Crippen LogP contribution in [0.1, 0.15) is 51.9 Å². The molecule has 1 aromatic heterocycles. The fraction of sp³-hybridized carbons (Fsp3) is 0.400. The van der Waals surface area contributed by atoms with E-state index in [0.29, 0.717) is 24.7 Å². The van der Waals surface area contributed by atoms with Crippen LogP contribution in [0.15, 0.2) is 17.5 Å². The maximum absolute atomic E-state index is 9.77. The highest BCUT2D eigenvalue weighted by Gasteiger charge is 2.36. The van der Waals surface area contributed by atoms with Gasteiger partial charge in [0.05, 0.1) is 12.5 Å². The molecule has 6 nitrogen and oxygen atoms in total. The van der Waals surface area contributed by atoms with Crippen molar-refractivity contribution in [3.05, 3.63) is 56.6 Å². The normalized spacial score (nSPS) is 16.2. The lowest BCUT2D eigenvalue weighted by atomic mass is 9.78. The van der Waals surface area contributed by atoms with E-state index in [0.717, 1.165) is 33.5 Å². The fourth-order valence-electron chi connectivity index (χ4n) is 3.80. The Bertz CT molecular complexity index is 934. The summed E-state index contributed by atoms with van der Waals surface area (Å²) in [7, 11) is 0. The molecule has 0 aliphatic carbocycles. The van der Waals surface area contributed by atoms with E-state index in [4.69, 9.17) is 15.2 Å². The summed E-state index contributed by atoms with van der Waals surface area (Å²) in [6.07, 6.45) is 0. The number of aryl methyl sites for hydroxylation is 3. The van der Waals surface area contributed by atoms with Gasteiger partial charge in [-0.3, -0.25) is 5.10 Å². The summed E-state index contributed by atoms with van der Waals surface area (Å²) in [5.41, 5.74) is 13.8. The van der Waals surface area contributed by atoms with Crippen molar-refractivity contribution in [2.45, 2.75) is 47.1 Å². The van der Waals surface area contributed by atoms with Gasteiger partial charge in [-0.15, -0.1) is 5.10 Å². The number of nitrogens with zero attached hydrogens (tertiary/aromatic N) is 2. The molecule has 0 bridgehead atoms. The first-order valence-corrected chi connectivity index (χ1v) is 8.70. The molecule has 2 aromatic rings. The third-order valence-corrected chi connectivity index (χ3v) is 5.06. The molecular weight excluding hydrogens is 328 g/mol. The summed E-state index contributed by atoms with van der Waals surface area (Å²) in [6, 6.07) is 4.39. The van der Waals surface area contributed by atoms with Crippen LogP contribution in [0.25, 0.3) is 0 Å². The summed E-state index contributed by atoms with van der Waals surface area (Å²) in [4.78, 5) is 0. The average molecular weight is 352 g/mol. The summed E-state index contributed by atoms with van der Waals surface area (Å²) < 4.78 is 11.2. The van der Waals surface area contributed by atoms with E-state index in [-0.39, 0.29) is 11.8 Å². The molecule has 3 rings (SSSR count).